The maximum Gasteiger partial charge on any atom is 0.190 e. The van der Waals surface area contributed by atoms with Gasteiger partial charge in [-0.2, -0.15) is 0 Å². The number of rotatable bonds is 0. The van der Waals surface area contributed by atoms with Crippen LogP contribution in [-0.2, 0) is 0 Å². The molecule has 20 heavy (non-hydrogen) atoms. The molecular formula is C16H8ClNO2. The highest BCUT2D eigenvalue weighted by molar-refractivity contribution is 6.36. The first-order valence-corrected chi connectivity index (χ1v) is 6.53. The van der Waals surface area contributed by atoms with Gasteiger partial charge in [0, 0.05) is 16.8 Å². The number of para-hydroxylation sites is 2. The van der Waals surface area contributed by atoms with E-state index in [0.717, 1.165) is 5.52 Å². The second-order valence-corrected chi connectivity index (χ2v) is 4.97. The standard InChI is InChI=1S/C16H8ClNO2/c17-10-5-3-4-9-12(19)8-14-16(15(9)10)18-11-6-1-2-7-13(11)20-14/h1-8H. The maximum atomic E-state index is 12.1. The van der Waals surface area contributed by atoms with Gasteiger partial charge in [-0.05, 0) is 18.2 Å². The fourth-order valence-corrected chi connectivity index (χ4v) is 2.69. The van der Waals surface area contributed by atoms with Gasteiger partial charge in [0.2, 0.25) is 0 Å². The maximum absolute atomic E-state index is 12.1. The van der Waals surface area contributed by atoms with Gasteiger partial charge in [-0.15, -0.1) is 0 Å². The third-order valence-electron chi connectivity index (χ3n) is 3.33. The molecule has 0 radical (unpaired) electrons. The summed E-state index contributed by atoms with van der Waals surface area (Å²) in [5.41, 5.74) is 1.88. The first kappa shape index (κ1) is 11.4. The number of aromatic nitrogens is 1. The van der Waals surface area contributed by atoms with Crippen LogP contribution in [0, 0.1) is 0 Å². The molecule has 2 aromatic rings. The van der Waals surface area contributed by atoms with E-state index in [4.69, 9.17) is 16.0 Å². The van der Waals surface area contributed by atoms with Crippen LogP contribution in [0.15, 0.2) is 57.7 Å². The SMILES string of the molecule is O=c1cc2oc3ccccc3nc-2c2c(Cl)cccc12. The first-order valence-electron chi connectivity index (χ1n) is 6.15. The van der Waals surface area contributed by atoms with Crippen molar-refractivity contribution in [1.82, 2.24) is 4.98 Å². The van der Waals surface area contributed by atoms with Crippen LogP contribution in [0.5, 0.6) is 0 Å². The Balaban J connectivity index is 2.32. The van der Waals surface area contributed by atoms with Crippen molar-refractivity contribution < 1.29 is 4.42 Å². The lowest BCUT2D eigenvalue weighted by atomic mass is 10.0. The summed E-state index contributed by atoms with van der Waals surface area (Å²) in [5, 5.41) is 1.71. The van der Waals surface area contributed by atoms with E-state index in [1.165, 1.54) is 6.07 Å². The molecule has 96 valence electrons. The molecular weight excluding hydrogens is 274 g/mol. The summed E-state index contributed by atoms with van der Waals surface area (Å²) in [6.07, 6.45) is 0. The van der Waals surface area contributed by atoms with E-state index in [2.05, 4.69) is 4.98 Å². The molecule has 0 bridgehead atoms. The molecule has 0 spiro atoms. The van der Waals surface area contributed by atoms with Crippen molar-refractivity contribution in [3.8, 4) is 11.5 Å². The van der Waals surface area contributed by atoms with Crippen molar-refractivity contribution in [1.29, 1.82) is 0 Å². The highest BCUT2D eigenvalue weighted by Crippen LogP contribution is 2.33. The first-order chi connectivity index (χ1) is 9.74. The zero-order chi connectivity index (χ0) is 13.7. The highest BCUT2D eigenvalue weighted by atomic mass is 35.5. The van der Waals surface area contributed by atoms with E-state index in [1.807, 2.05) is 24.3 Å². The molecule has 0 fully saturated rings. The molecule has 4 heteroatoms. The van der Waals surface area contributed by atoms with Crippen molar-refractivity contribution in [3.63, 3.8) is 0 Å². The van der Waals surface area contributed by atoms with E-state index in [9.17, 15) is 4.79 Å². The molecule has 4 rings (SSSR count). The predicted octanol–water partition coefficient (Wildman–Crippen LogP) is 4.10. The normalized spacial score (nSPS) is 11.4. The van der Waals surface area contributed by atoms with Crippen molar-refractivity contribution >= 4 is 33.5 Å². The molecule has 0 unspecified atom stereocenters. The van der Waals surface area contributed by atoms with E-state index < -0.39 is 0 Å². The van der Waals surface area contributed by atoms with Gasteiger partial charge in [0.1, 0.15) is 11.2 Å². The van der Waals surface area contributed by atoms with Crippen molar-refractivity contribution in [2.24, 2.45) is 0 Å². The van der Waals surface area contributed by atoms with Gasteiger partial charge in [0.15, 0.2) is 16.8 Å². The molecule has 1 heterocycles. The van der Waals surface area contributed by atoms with Crippen LogP contribution < -0.4 is 5.43 Å². The summed E-state index contributed by atoms with van der Waals surface area (Å²) < 4.78 is 5.77. The number of hydrogen-bond donors (Lipinski definition) is 0. The zero-order valence-corrected chi connectivity index (χ0v) is 11.0. The topological polar surface area (TPSA) is 43.1 Å². The fourth-order valence-electron chi connectivity index (χ4n) is 2.42. The molecule has 1 aliphatic heterocycles. The largest absolute Gasteiger partial charge is 0.453 e. The summed E-state index contributed by atoms with van der Waals surface area (Å²) in [4.78, 5) is 16.7. The quantitative estimate of drug-likeness (QED) is 0.360. The summed E-state index contributed by atoms with van der Waals surface area (Å²) in [6.45, 7) is 0. The van der Waals surface area contributed by atoms with E-state index in [-0.39, 0.29) is 5.43 Å². The number of nitrogens with zero attached hydrogens (tertiary/aromatic N) is 1. The molecule has 3 nitrogen and oxygen atoms in total. The van der Waals surface area contributed by atoms with Gasteiger partial charge in [0.25, 0.3) is 0 Å². The molecule has 0 amide bonds. The van der Waals surface area contributed by atoms with Crippen molar-refractivity contribution in [3.05, 3.63) is 63.8 Å². The van der Waals surface area contributed by atoms with Crippen LogP contribution in [0.2, 0.25) is 5.02 Å². The molecule has 0 saturated heterocycles. The van der Waals surface area contributed by atoms with Gasteiger partial charge in [0.05, 0.1) is 5.02 Å². The van der Waals surface area contributed by atoms with Crippen molar-refractivity contribution in [2.75, 3.05) is 0 Å². The Hall–Kier alpha value is -2.39. The molecule has 2 aromatic carbocycles. The van der Waals surface area contributed by atoms with Gasteiger partial charge < -0.3 is 4.42 Å². The summed E-state index contributed by atoms with van der Waals surface area (Å²) in [7, 11) is 0. The Labute approximate surface area is 118 Å². The summed E-state index contributed by atoms with van der Waals surface area (Å²) >= 11 is 6.24. The lowest BCUT2D eigenvalue weighted by molar-refractivity contribution is 0.614. The van der Waals surface area contributed by atoms with Crippen LogP contribution in [-0.4, -0.2) is 4.98 Å². The van der Waals surface area contributed by atoms with Crippen LogP contribution in [0.25, 0.3) is 33.3 Å². The van der Waals surface area contributed by atoms with Crippen LogP contribution in [0.4, 0.5) is 0 Å². The molecule has 0 aromatic heterocycles. The number of halogens is 1. The summed E-state index contributed by atoms with van der Waals surface area (Å²) in [6, 6.07) is 14.2. The minimum Gasteiger partial charge on any atom is -0.453 e. The average Bonchev–Trinajstić information content (AvgIpc) is 2.46. The van der Waals surface area contributed by atoms with Crippen LogP contribution in [0.1, 0.15) is 0 Å². The Morgan fingerprint density at radius 1 is 1.05 bits per heavy atom. The molecule has 0 N–H and O–H groups in total. The third kappa shape index (κ3) is 1.53. The monoisotopic (exact) mass is 281 g/mol. The van der Waals surface area contributed by atoms with Gasteiger partial charge in [-0.3, -0.25) is 4.79 Å². The molecule has 1 aliphatic carbocycles. The second kappa shape index (κ2) is 4.05. The molecule has 2 aliphatic rings. The Morgan fingerprint density at radius 2 is 1.90 bits per heavy atom. The van der Waals surface area contributed by atoms with E-state index in [1.54, 1.807) is 18.2 Å². The second-order valence-electron chi connectivity index (χ2n) is 4.57. The predicted molar refractivity (Wildman–Crippen MR) is 79.4 cm³/mol. The molecule has 0 atom stereocenters. The highest BCUT2D eigenvalue weighted by Gasteiger charge is 2.17. The van der Waals surface area contributed by atoms with Crippen LogP contribution >= 0.6 is 11.6 Å². The Morgan fingerprint density at radius 3 is 2.80 bits per heavy atom. The Bertz CT molecular complexity index is 990. The van der Waals surface area contributed by atoms with Gasteiger partial charge in [-0.25, -0.2) is 4.98 Å². The van der Waals surface area contributed by atoms with E-state index >= 15 is 0 Å². The fraction of sp³-hybridized carbons (Fsp3) is 0. The number of benzene rings is 3. The number of hydrogen-bond acceptors (Lipinski definition) is 3. The minimum absolute atomic E-state index is 0.115. The summed E-state index contributed by atoms with van der Waals surface area (Å²) in [5.74, 6) is 0.453. The minimum atomic E-state index is -0.115. The lowest BCUT2D eigenvalue weighted by Gasteiger charge is -2.10. The molecule has 0 saturated carbocycles. The van der Waals surface area contributed by atoms with E-state index in [0.29, 0.717) is 32.8 Å². The Kier molecular flexibility index (Phi) is 2.32. The van der Waals surface area contributed by atoms with Crippen molar-refractivity contribution in [2.45, 2.75) is 0 Å². The van der Waals surface area contributed by atoms with Gasteiger partial charge >= 0.3 is 0 Å². The van der Waals surface area contributed by atoms with Crippen LogP contribution in [0.3, 0.4) is 0 Å². The average molecular weight is 282 g/mol. The zero-order valence-electron chi connectivity index (χ0n) is 10.3. The lowest BCUT2D eigenvalue weighted by Crippen LogP contribution is -2.04. The number of fused-ring (bicyclic) bond motifs is 4. The smallest absolute Gasteiger partial charge is 0.190 e. The van der Waals surface area contributed by atoms with Gasteiger partial charge in [-0.1, -0.05) is 35.9 Å². The third-order valence-corrected chi connectivity index (χ3v) is 3.64.